The molecule has 2 bridgehead atoms. The van der Waals surface area contributed by atoms with Gasteiger partial charge in [0.25, 0.3) is 0 Å². The van der Waals surface area contributed by atoms with Crippen molar-refractivity contribution in [1.29, 1.82) is 0 Å². The number of rotatable bonds is 8. The molecule has 0 aliphatic carbocycles. The zero-order chi connectivity index (χ0) is 23.4. The highest BCUT2D eigenvalue weighted by Crippen LogP contribution is 2.38. The molecule has 2 aromatic carbocycles. The van der Waals surface area contributed by atoms with Crippen LogP contribution in [0.2, 0.25) is 0 Å². The van der Waals surface area contributed by atoms with E-state index in [0.717, 1.165) is 47.6 Å². The maximum Gasteiger partial charge on any atom is 0.331 e. The van der Waals surface area contributed by atoms with Crippen LogP contribution in [0, 0.1) is 5.92 Å². The molecule has 2 atom stereocenters. The molecule has 0 radical (unpaired) electrons. The molecule has 4 aliphatic rings. The minimum absolute atomic E-state index is 0.0493. The molecular formula is C29H39N2O2S+. The number of ether oxygens (including phenoxy) is 1. The average molecular weight is 480 g/mol. The van der Waals surface area contributed by atoms with E-state index in [9.17, 15) is 4.79 Å². The van der Waals surface area contributed by atoms with Gasteiger partial charge in [-0.15, -0.1) is 0 Å². The van der Waals surface area contributed by atoms with Crippen LogP contribution >= 0.6 is 11.8 Å². The maximum atomic E-state index is 13.9. The first-order valence-corrected chi connectivity index (χ1v) is 14.2. The van der Waals surface area contributed by atoms with E-state index in [0.29, 0.717) is 5.92 Å². The SMILES string of the molecule is CC(C(=O)O[C@H]1C[N+]2(CCCc3ccccc3)CCC1CC2)(c1ccccc1)N1CCSCC1. The summed E-state index contributed by atoms with van der Waals surface area (Å²) in [5.41, 5.74) is 1.76. The number of esters is 1. The molecule has 4 aliphatic heterocycles. The number of hydrogen-bond donors (Lipinski definition) is 0. The molecule has 0 saturated carbocycles. The molecule has 4 nitrogen and oxygen atoms in total. The fraction of sp³-hybridized carbons (Fsp3) is 0.552. The first-order valence-electron chi connectivity index (χ1n) is 13.1. The van der Waals surface area contributed by atoms with E-state index in [2.05, 4.69) is 54.3 Å². The van der Waals surface area contributed by atoms with Crippen molar-refractivity contribution in [3.05, 3.63) is 71.8 Å². The van der Waals surface area contributed by atoms with E-state index < -0.39 is 5.54 Å². The van der Waals surface area contributed by atoms with Crippen LogP contribution < -0.4 is 0 Å². The van der Waals surface area contributed by atoms with Crippen molar-refractivity contribution in [3.63, 3.8) is 0 Å². The Morgan fingerprint density at radius 1 is 1.03 bits per heavy atom. The summed E-state index contributed by atoms with van der Waals surface area (Å²) in [5, 5.41) is 0. The standard InChI is InChI=1S/C29H39N2O2S/c1-29(26-12-6-3-7-13-26,30-16-21-34-22-17-30)28(32)33-27-23-31(19-14-25(27)15-20-31)18-8-11-24-9-4-2-5-10-24/h2-7,9-10,12-13,25,27H,8,11,14-23H2,1H3/q+1/t25?,27-,29?,31?/m0/s1. The van der Waals surface area contributed by atoms with Gasteiger partial charge >= 0.3 is 5.97 Å². The van der Waals surface area contributed by atoms with Crippen molar-refractivity contribution in [2.24, 2.45) is 5.92 Å². The number of quaternary nitrogens is 1. The van der Waals surface area contributed by atoms with Crippen LogP contribution in [0.1, 0.15) is 37.3 Å². The summed E-state index contributed by atoms with van der Waals surface area (Å²) < 4.78 is 7.61. The summed E-state index contributed by atoms with van der Waals surface area (Å²) in [6, 6.07) is 21.1. The molecule has 1 unspecified atom stereocenters. The van der Waals surface area contributed by atoms with Gasteiger partial charge in [0.2, 0.25) is 0 Å². The van der Waals surface area contributed by atoms with Gasteiger partial charge in [0, 0.05) is 49.8 Å². The molecular weight excluding hydrogens is 440 g/mol. The summed E-state index contributed by atoms with van der Waals surface area (Å²) in [7, 11) is 0. The van der Waals surface area contributed by atoms with E-state index >= 15 is 0 Å². The Hall–Kier alpha value is -1.82. The molecule has 4 saturated heterocycles. The molecule has 34 heavy (non-hydrogen) atoms. The third kappa shape index (κ3) is 4.93. The van der Waals surface area contributed by atoms with Crippen LogP contribution in [-0.2, 0) is 21.5 Å². The highest BCUT2D eigenvalue weighted by molar-refractivity contribution is 7.99. The van der Waals surface area contributed by atoms with E-state index in [4.69, 9.17) is 4.74 Å². The number of thioether (sulfide) groups is 1. The Bertz CT molecular complexity index is 939. The van der Waals surface area contributed by atoms with Crippen molar-refractivity contribution in [1.82, 2.24) is 4.90 Å². The first kappa shape index (κ1) is 23.9. The van der Waals surface area contributed by atoms with E-state index in [1.54, 1.807) is 0 Å². The second-order valence-electron chi connectivity index (χ2n) is 10.6. The lowest BCUT2D eigenvalue weighted by Crippen LogP contribution is -2.65. The van der Waals surface area contributed by atoms with Gasteiger partial charge in [-0.2, -0.15) is 11.8 Å². The number of piperidine rings is 3. The Morgan fingerprint density at radius 2 is 1.68 bits per heavy atom. The van der Waals surface area contributed by atoms with Gasteiger partial charge in [-0.25, -0.2) is 4.79 Å². The summed E-state index contributed by atoms with van der Waals surface area (Å²) in [6.45, 7) is 8.62. The molecule has 0 N–H and O–H groups in total. The summed E-state index contributed by atoms with van der Waals surface area (Å²) in [4.78, 5) is 16.3. The smallest absolute Gasteiger partial charge is 0.331 e. The molecule has 0 amide bonds. The van der Waals surface area contributed by atoms with E-state index in [1.807, 2.05) is 30.0 Å². The first-order chi connectivity index (χ1) is 16.6. The second-order valence-corrected chi connectivity index (χ2v) is 11.8. The fourth-order valence-corrected chi connectivity index (χ4v) is 7.29. The van der Waals surface area contributed by atoms with E-state index in [1.165, 1.54) is 44.5 Å². The number of hydrogen-bond acceptors (Lipinski definition) is 4. The van der Waals surface area contributed by atoms with E-state index in [-0.39, 0.29) is 12.1 Å². The van der Waals surface area contributed by atoms with Crippen LogP contribution in [0.4, 0.5) is 0 Å². The minimum Gasteiger partial charge on any atom is -0.454 e. The lowest BCUT2D eigenvalue weighted by Gasteiger charge is -2.53. The maximum absolute atomic E-state index is 13.9. The fourth-order valence-electron chi connectivity index (χ4n) is 6.39. The number of fused-ring (bicyclic) bond motifs is 3. The average Bonchev–Trinajstić information content (AvgIpc) is 2.90. The number of carbonyl (C=O) groups excluding carboxylic acids is 1. The van der Waals surface area contributed by atoms with Gasteiger partial charge in [-0.1, -0.05) is 60.7 Å². The lowest BCUT2D eigenvalue weighted by molar-refractivity contribution is -0.946. The Morgan fingerprint density at radius 3 is 2.35 bits per heavy atom. The van der Waals surface area contributed by atoms with Crippen molar-refractivity contribution in [3.8, 4) is 0 Å². The molecule has 6 rings (SSSR count). The molecule has 182 valence electrons. The van der Waals surface area contributed by atoms with Crippen molar-refractivity contribution in [2.75, 3.05) is 50.8 Å². The molecule has 4 heterocycles. The normalized spacial score (nSPS) is 28.9. The van der Waals surface area contributed by atoms with Gasteiger partial charge in [0.05, 0.1) is 19.6 Å². The lowest BCUT2D eigenvalue weighted by atomic mass is 9.82. The largest absolute Gasteiger partial charge is 0.454 e. The van der Waals surface area contributed by atoms with Gasteiger partial charge in [0.1, 0.15) is 12.1 Å². The van der Waals surface area contributed by atoms with Crippen LogP contribution in [0.3, 0.4) is 0 Å². The van der Waals surface area contributed by atoms with Crippen LogP contribution in [0.15, 0.2) is 60.7 Å². The molecule has 2 aromatic rings. The molecule has 0 spiro atoms. The predicted octanol–water partition coefficient (Wildman–Crippen LogP) is 4.74. The Labute approximate surface area is 209 Å². The molecule has 5 heteroatoms. The highest BCUT2D eigenvalue weighted by atomic mass is 32.2. The number of benzene rings is 2. The zero-order valence-corrected chi connectivity index (χ0v) is 21.3. The third-order valence-corrected chi connectivity index (χ3v) is 9.56. The van der Waals surface area contributed by atoms with Gasteiger partial charge in [0.15, 0.2) is 6.10 Å². The number of aryl methyl sites for hydroxylation is 1. The third-order valence-electron chi connectivity index (χ3n) is 8.62. The van der Waals surface area contributed by atoms with Gasteiger partial charge < -0.3 is 9.22 Å². The van der Waals surface area contributed by atoms with Crippen molar-refractivity contribution < 1.29 is 14.0 Å². The molecule has 4 fully saturated rings. The molecule has 0 aromatic heterocycles. The van der Waals surface area contributed by atoms with Crippen LogP contribution in [0.25, 0.3) is 0 Å². The van der Waals surface area contributed by atoms with Crippen LogP contribution in [-0.4, -0.2) is 72.2 Å². The van der Waals surface area contributed by atoms with Crippen LogP contribution in [0.5, 0.6) is 0 Å². The summed E-state index contributed by atoms with van der Waals surface area (Å²) in [5.74, 6) is 2.62. The second kappa shape index (κ2) is 10.4. The van der Waals surface area contributed by atoms with Gasteiger partial charge in [-0.3, -0.25) is 4.90 Å². The summed E-state index contributed by atoms with van der Waals surface area (Å²) in [6.07, 6.45) is 4.75. The monoisotopic (exact) mass is 479 g/mol. The zero-order valence-electron chi connectivity index (χ0n) is 20.5. The highest BCUT2D eigenvalue weighted by Gasteiger charge is 2.50. The number of nitrogens with zero attached hydrogens (tertiary/aromatic N) is 2. The predicted molar refractivity (Wildman–Crippen MR) is 140 cm³/mol. The Kier molecular flexibility index (Phi) is 7.33. The topological polar surface area (TPSA) is 29.5 Å². The summed E-state index contributed by atoms with van der Waals surface area (Å²) >= 11 is 1.98. The van der Waals surface area contributed by atoms with Crippen molar-refractivity contribution >= 4 is 17.7 Å². The van der Waals surface area contributed by atoms with Gasteiger partial charge in [-0.05, 0) is 24.5 Å². The quantitative estimate of drug-likeness (QED) is 0.404. The minimum atomic E-state index is -0.716. The Balaban J connectivity index is 1.28. The van der Waals surface area contributed by atoms with Crippen molar-refractivity contribution in [2.45, 2.75) is 44.2 Å². The number of carbonyl (C=O) groups is 1.